The van der Waals surface area contributed by atoms with Crippen molar-refractivity contribution >= 4 is 9.84 Å². The van der Waals surface area contributed by atoms with Crippen LogP contribution in [0, 0.1) is 5.41 Å². The van der Waals surface area contributed by atoms with Crippen LogP contribution in [0.25, 0.3) is 0 Å². The lowest BCUT2D eigenvalue weighted by molar-refractivity contribution is 0.0174. The lowest BCUT2D eigenvalue weighted by atomic mass is 9.69. The predicted molar refractivity (Wildman–Crippen MR) is 105 cm³/mol. The first-order valence-electron chi connectivity index (χ1n) is 9.50. The molecule has 0 radical (unpaired) electrons. The first kappa shape index (κ1) is 19.1. The maximum atomic E-state index is 13.2. The Bertz CT molecular complexity index is 845. The molecule has 3 nitrogen and oxygen atoms in total. The maximum absolute atomic E-state index is 13.2. The molecule has 2 aromatic carbocycles. The minimum atomic E-state index is -3.46. The van der Waals surface area contributed by atoms with Crippen molar-refractivity contribution in [1.29, 1.82) is 0 Å². The summed E-state index contributed by atoms with van der Waals surface area (Å²) in [5.41, 5.74) is 1.06. The lowest BCUT2D eigenvalue weighted by Crippen LogP contribution is -2.42. The van der Waals surface area contributed by atoms with Gasteiger partial charge in [0.1, 0.15) is 0 Å². The zero-order valence-electron chi connectivity index (χ0n) is 15.6. The third-order valence-electron chi connectivity index (χ3n) is 5.90. The first-order valence-corrected chi connectivity index (χ1v) is 11.1. The molecule has 0 amide bonds. The molecule has 3 atom stereocenters. The highest BCUT2D eigenvalue weighted by atomic mass is 32.2. The summed E-state index contributed by atoms with van der Waals surface area (Å²) < 4.78 is 26.5. The van der Waals surface area contributed by atoms with Gasteiger partial charge in [-0.3, -0.25) is 0 Å². The summed E-state index contributed by atoms with van der Waals surface area (Å²) in [5.74, 6) is -0.320. The molecule has 0 saturated carbocycles. The molecule has 1 N–H and O–H groups in total. The number of aliphatic hydroxyl groups excluding tert-OH is 1. The van der Waals surface area contributed by atoms with E-state index in [1.165, 1.54) is 0 Å². The van der Waals surface area contributed by atoms with Gasteiger partial charge in [0.15, 0.2) is 9.84 Å². The average Bonchev–Trinajstić information content (AvgIpc) is 2.73. The van der Waals surface area contributed by atoms with Gasteiger partial charge in [0, 0.05) is 11.3 Å². The van der Waals surface area contributed by atoms with E-state index in [1.807, 2.05) is 49.4 Å². The normalized spacial score (nSPS) is 27.5. The Balaban J connectivity index is 2.25. The molecule has 0 aromatic heterocycles. The van der Waals surface area contributed by atoms with Crippen LogP contribution < -0.4 is 0 Å². The third-order valence-corrected chi connectivity index (χ3v) is 7.90. The SMILES string of the molecule is CCCC[C@]1(CC)CS(=O)(=O)c2ccccc2[C@H](c2ccccc2)[C@H]1O. The van der Waals surface area contributed by atoms with Crippen LogP contribution in [0.4, 0.5) is 0 Å². The van der Waals surface area contributed by atoms with Crippen LogP contribution in [0.5, 0.6) is 0 Å². The zero-order valence-corrected chi connectivity index (χ0v) is 16.4. The molecule has 26 heavy (non-hydrogen) atoms. The van der Waals surface area contributed by atoms with Crippen LogP contribution in [-0.2, 0) is 9.84 Å². The molecular formula is C22H28O3S. The van der Waals surface area contributed by atoms with Crippen molar-refractivity contribution in [2.24, 2.45) is 5.41 Å². The molecule has 2 aromatic rings. The second kappa shape index (κ2) is 7.53. The topological polar surface area (TPSA) is 54.4 Å². The molecule has 0 bridgehead atoms. The van der Waals surface area contributed by atoms with Gasteiger partial charge < -0.3 is 5.11 Å². The van der Waals surface area contributed by atoms with Gasteiger partial charge in [-0.1, -0.05) is 75.2 Å². The second-order valence-corrected chi connectivity index (χ2v) is 9.41. The van der Waals surface area contributed by atoms with Crippen molar-refractivity contribution < 1.29 is 13.5 Å². The average molecular weight is 373 g/mol. The summed E-state index contributed by atoms with van der Waals surface area (Å²) in [6, 6.07) is 17.0. The van der Waals surface area contributed by atoms with Gasteiger partial charge in [-0.05, 0) is 30.0 Å². The van der Waals surface area contributed by atoms with Crippen LogP contribution in [0.1, 0.15) is 56.6 Å². The van der Waals surface area contributed by atoms with Crippen LogP contribution in [0.2, 0.25) is 0 Å². The number of rotatable bonds is 5. The van der Waals surface area contributed by atoms with Crippen LogP contribution in [0.15, 0.2) is 59.5 Å². The Morgan fingerprint density at radius 1 is 1.04 bits per heavy atom. The minimum Gasteiger partial charge on any atom is -0.392 e. The zero-order chi connectivity index (χ0) is 18.8. The molecule has 0 fully saturated rings. The Hall–Kier alpha value is -1.65. The molecule has 1 aliphatic rings. The van der Waals surface area contributed by atoms with Gasteiger partial charge in [0.05, 0.1) is 16.8 Å². The summed E-state index contributed by atoms with van der Waals surface area (Å²) in [6.45, 7) is 4.11. The predicted octanol–water partition coefficient (Wildman–Crippen LogP) is 4.55. The number of hydrogen-bond donors (Lipinski definition) is 1. The van der Waals surface area contributed by atoms with Crippen molar-refractivity contribution in [2.45, 2.75) is 56.4 Å². The molecule has 0 spiro atoms. The van der Waals surface area contributed by atoms with Crippen molar-refractivity contribution in [1.82, 2.24) is 0 Å². The number of unbranched alkanes of at least 4 members (excludes halogenated alkanes) is 1. The van der Waals surface area contributed by atoms with Gasteiger partial charge in [-0.15, -0.1) is 0 Å². The van der Waals surface area contributed by atoms with Gasteiger partial charge in [-0.2, -0.15) is 0 Å². The summed E-state index contributed by atoms with van der Waals surface area (Å²) >= 11 is 0. The largest absolute Gasteiger partial charge is 0.392 e. The minimum absolute atomic E-state index is 0.0119. The van der Waals surface area contributed by atoms with E-state index in [4.69, 9.17) is 0 Å². The first-order chi connectivity index (χ1) is 12.4. The second-order valence-electron chi connectivity index (χ2n) is 7.45. The number of fused-ring (bicyclic) bond motifs is 1. The Morgan fingerprint density at radius 3 is 2.35 bits per heavy atom. The highest BCUT2D eigenvalue weighted by Crippen LogP contribution is 2.48. The number of benzene rings is 2. The molecule has 0 unspecified atom stereocenters. The monoisotopic (exact) mass is 372 g/mol. The van der Waals surface area contributed by atoms with Gasteiger partial charge >= 0.3 is 0 Å². The molecule has 4 heteroatoms. The fourth-order valence-electron chi connectivity index (χ4n) is 4.34. The Kier molecular flexibility index (Phi) is 5.54. The molecule has 0 aliphatic carbocycles. The number of sulfone groups is 1. The van der Waals surface area contributed by atoms with Crippen LogP contribution in [-0.4, -0.2) is 25.4 Å². The summed E-state index contributed by atoms with van der Waals surface area (Å²) in [7, 11) is -3.46. The highest BCUT2D eigenvalue weighted by Gasteiger charge is 2.48. The Labute approximate surface area is 157 Å². The molecule has 0 saturated heterocycles. The molecule has 1 heterocycles. The Morgan fingerprint density at radius 2 is 1.69 bits per heavy atom. The fourth-order valence-corrected chi connectivity index (χ4v) is 6.62. The maximum Gasteiger partial charge on any atom is 0.179 e. The van der Waals surface area contributed by atoms with Gasteiger partial charge in [0.2, 0.25) is 0 Å². The van der Waals surface area contributed by atoms with E-state index in [-0.39, 0.29) is 11.7 Å². The van der Waals surface area contributed by atoms with Gasteiger partial charge in [-0.25, -0.2) is 8.42 Å². The molecule has 140 valence electrons. The summed E-state index contributed by atoms with van der Waals surface area (Å²) in [5, 5.41) is 11.6. The van der Waals surface area contributed by atoms with Crippen LogP contribution in [0.3, 0.4) is 0 Å². The summed E-state index contributed by atoms with van der Waals surface area (Å²) in [6.07, 6.45) is 2.53. The van der Waals surface area contributed by atoms with E-state index in [0.717, 1.165) is 30.4 Å². The lowest BCUT2D eigenvalue weighted by Gasteiger charge is -2.39. The standard InChI is InChI=1S/C22H28O3S/c1-3-5-15-22(4-2)16-26(24,25)19-14-10-9-13-18(19)20(21(22)23)17-11-7-6-8-12-17/h6-14,20-21,23H,3-5,15-16H2,1-2H3/t20-,21+,22+/m0/s1. The van der Waals surface area contributed by atoms with E-state index < -0.39 is 21.4 Å². The van der Waals surface area contributed by atoms with Gasteiger partial charge in [0.25, 0.3) is 0 Å². The van der Waals surface area contributed by atoms with E-state index >= 15 is 0 Å². The highest BCUT2D eigenvalue weighted by molar-refractivity contribution is 7.91. The van der Waals surface area contributed by atoms with E-state index in [2.05, 4.69) is 6.92 Å². The van der Waals surface area contributed by atoms with Crippen molar-refractivity contribution in [3.05, 3.63) is 65.7 Å². The van der Waals surface area contributed by atoms with E-state index in [0.29, 0.717) is 11.3 Å². The fraction of sp³-hybridized carbons (Fsp3) is 0.455. The smallest absolute Gasteiger partial charge is 0.179 e. The number of hydrogen-bond acceptors (Lipinski definition) is 3. The molecule has 3 rings (SSSR count). The quantitative estimate of drug-likeness (QED) is 0.837. The van der Waals surface area contributed by atoms with Crippen molar-refractivity contribution in [3.8, 4) is 0 Å². The van der Waals surface area contributed by atoms with E-state index in [9.17, 15) is 13.5 Å². The third kappa shape index (κ3) is 3.33. The summed E-state index contributed by atoms with van der Waals surface area (Å²) in [4.78, 5) is 0.375. The van der Waals surface area contributed by atoms with Crippen LogP contribution >= 0.6 is 0 Å². The molecular weight excluding hydrogens is 344 g/mol. The van der Waals surface area contributed by atoms with Crippen molar-refractivity contribution in [3.63, 3.8) is 0 Å². The van der Waals surface area contributed by atoms with Crippen molar-refractivity contribution in [2.75, 3.05) is 5.75 Å². The van der Waals surface area contributed by atoms with E-state index in [1.54, 1.807) is 12.1 Å². The number of aliphatic hydroxyl groups is 1. The molecule has 1 aliphatic heterocycles.